The van der Waals surface area contributed by atoms with E-state index in [-0.39, 0.29) is 5.69 Å². The standard InChI is InChI=1S/C13H8ClFIN3O2/c1-19(13(20)21)8-3-5(15)2-6-9-10(14)7(16)4-17-12(9)18-11(6)8/h2-4H,1H3,(H,17,18)(H,20,21). The Morgan fingerprint density at radius 2 is 2.24 bits per heavy atom. The van der Waals surface area contributed by atoms with Gasteiger partial charge in [-0.05, 0) is 34.7 Å². The molecule has 0 aliphatic carbocycles. The summed E-state index contributed by atoms with van der Waals surface area (Å²) >= 11 is 8.31. The van der Waals surface area contributed by atoms with Gasteiger partial charge >= 0.3 is 6.09 Å². The Hall–Kier alpha value is -1.61. The Bertz CT molecular complexity index is 896. The predicted molar refractivity (Wildman–Crippen MR) is 87.7 cm³/mol. The lowest BCUT2D eigenvalue weighted by molar-refractivity contribution is 0.203. The fourth-order valence-electron chi connectivity index (χ4n) is 2.21. The summed E-state index contributed by atoms with van der Waals surface area (Å²) in [6, 6.07) is 2.47. The first-order valence-corrected chi connectivity index (χ1v) is 7.27. The maximum absolute atomic E-state index is 13.9. The molecule has 1 aromatic carbocycles. The highest BCUT2D eigenvalue weighted by Gasteiger charge is 2.19. The number of nitrogens with zero attached hydrogens (tertiary/aromatic N) is 2. The fraction of sp³-hybridized carbons (Fsp3) is 0.0769. The summed E-state index contributed by atoms with van der Waals surface area (Å²) in [5, 5.41) is 10.7. The second kappa shape index (κ2) is 4.99. The summed E-state index contributed by atoms with van der Waals surface area (Å²) < 4.78 is 14.6. The number of carboxylic acid groups (broad SMARTS) is 1. The number of fused-ring (bicyclic) bond motifs is 3. The van der Waals surface area contributed by atoms with Crippen LogP contribution in [0, 0.1) is 9.39 Å². The van der Waals surface area contributed by atoms with Crippen molar-refractivity contribution in [3.05, 3.63) is 32.7 Å². The maximum Gasteiger partial charge on any atom is 0.411 e. The minimum Gasteiger partial charge on any atom is -0.465 e. The Morgan fingerprint density at radius 3 is 2.90 bits per heavy atom. The first-order chi connectivity index (χ1) is 9.90. The Morgan fingerprint density at radius 1 is 1.52 bits per heavy atom. The second-order valence-corrected chi connectivity index (χ2v) is 6.00. The van der Waals surface area contributed by atoms with E-state index in [1.807, 2.05) is 22.6 Å². The zero-order valence-corrected chi connectivity index (χ0v) is 13.5. The van der Waals surface area contributed by atoms with Gasteiger partial charge in [0.15, 0.2) is 0 Å². The van der Waals surface area contributed by atoms with Gasteiger partial charge in [-0.15, -0.1) is 0 Å². The molecule has 0 unspecified atom stereocenters. The zero-order chi connectivity index (χ0) is 15.3. The highest BCUT2D eigenvalue weighted by atomic mass is 127. The normalized spacial score (nSPS) is 11.2. The van der Waals surface area contributed by atoms with Crippen LogP contribution in [0.3, 0.4) is 0 Å². The smallest absolute Gasteiger partial charge is 0.411 e. The summed E-state index contributed by atoms with van der Waals surface area (Å²) in [5.74, 6) is -0.540. The van der Waals surface area contributed by atoms with Crippen LogP contribution < -0.4 is 4.90 Å². The van der Waals surface area contributed by atoms with E-state index in [0.717, 1.165) is 14.5 Å². The molecule has 1 amide bonds. The highest BCUT2D eigenvalue weighted by Crippen LogP contribution is 2.37. The van der Waals surface area contributed by atoms with Crippen LogP contribution in [-0.4, -0.2) is 28.2 Å². The molecule has 21 heavy (non-hydrogen) atoms. The molecular formula is C13H8ClFIN3O2. The fourth-order valence-corrected chi connectivity index (χ4v) is 2.86. The van der Waals surface area contributed by atoms with E-state index in [4.69, 9.17) is 16.7 Å². The van der Waals surface area contributed by atoms with Gasteiger partial charge < -0.3 is 10.1 Å². The monoisotopic (exact) mass is 419 g/mol. The van der Waals surface area contributed by atoms with Crippen LogP contribution in [0.4, 0.5) is 14.9 Å². The van der Waals surface area contributed by atoms with Crippen molar-refractivity contribution >= 4 is 67.9 Å². The van der Waals surface area contributed by atoms with E-state index in [0.29, 0.717) is 27.0 Å². The molecule has 0 spiro atoms. The number of H-pyrrole nitrogens is 1. The molecule has 0 saturated heterocycles. The van der Waals surface area contributed by atoms with Crippen LogP contribution in [0.2, 0.25) is 5.02 Å². The van der Waals surface area contributed by atoms with E-state index < -0.39 is 11.9 Å². The number of nitrogens with one attached hydrogen (secondary N) is 1. The van der Waals surface area contributed by atoms with Crippen molar-refractivity contribution in [1.82, 2.24) is 9.97 Å². The number of benzene rings is 1. The molecule has 2 aromatic heterocycles. The zero-order valence-electron chi connectivity index (χ0n) is 10.6. The van der Waals surface area contributed by atoms with Crippen molar-refractivity contribution in [3.63, 3.8) is 0 Å². The first-order valence-electron chi connectivity index (χ1n) is 5.81. The molecule has 2 heterocycles. The minimum atomic E-state index is -1.19. The van der Waals surface area contributed by atoms with E-state index >= 15 is 0 Å². The van der Waals surface area contributed by atoms with Crippen molar-refractivity contribution in [3.8, 4) is 0 Å². The Kier molecular flexibility index (Phi) is 3.40. The number of halogens is 3. The third kappa shape index (κ3) is 2.20. The predicted octanol–water partition coefficient (Wildman–Crippen LogP) is 4.23. The number of anilines is 1. The number of carbonyl (C=O) groups is 1. The molecule has 5 nitrogen and oxygen atoms in total. The molecule has 0 atom stereocenters. The van der Waals surface area contributed by atoms with Gasteiger partial charge in [-0.2, -0.15) is 0 Å². The Labute approximate surface area is 136 Å². The third-order valence-corrected chi connectivity index (χ3v) is 4.75. The van der Waals surface area contributed by atoms with Gasteiger partial charge in [-0.1, -0.05) is 11.6 Å². The van der Waals surface area contributed by atoms with Gasteiger partial charge in [-0.3, -0.25) is 4.90 Å². The number of hydrogen-bond acceptors (Lipinski definition) is 2. The molecule has 8 heteroatoms. The van der Waals surface area contributed by atoms with Crippen LogP contribution in [-0.2, 0) is 0 Å². The van der Waals surface area contributed by atoms with Gasteiger partial charge in [0.25, 0.3) is 0 Å². The van der Waals surface area contributed by atoms with Crippen molar-refractivity contribution in [2.75, 3.05) is 11.9 Å². The summed E-state index contributed by atoms with van der Waals surface area (Å²) in [6.07, 6.45) is 0.409. The molecule has 2 N–H and O–H groups in total. The largest absolute Gasteiger partial charge is 0.465 e. The van der Waals surface area contributed by atoms with Gasteiger partial charge in [0.1, 0.15) is 11.5 Å². The van der Waals surface area contributed by atoms with Gasteiger partial charge in [0.2, 0.25) is 0 Å². The molecule has 0 radical (unpaired) electrons. The van der Waals surface area contributed by atoms with Crippen LogP contribution in [0.1, 0.15) is 0 Å². The summed E-state index contributed by atoms with van der Waals surface area (Å²) in [4.78, 5) is 19.3. The van der Waals surface area contributed by atoms with E-state index in [2.05, 4.69) is 9.97 Å². The number of aromatic nitrogens is 2. The molecule has 0 bridgehead atoms. The van der Waals surface area contributed by atoms with Crippen LogP contribution in [0.5, 0.6) is 0 Å². The lowest BCUT2D eigenvalue weighted by Gasteiger charge is -2.14. The van der Waals surface area contributed by atoms with E-state index in [9.17, 15) is 9.18 Å². The Balaban J connectivity index is 2.47. The number of pyridine rings is 1. The minimum absolute atomic E-state index is 0.210. The number of rotatable bonds is 1. The highest BCUT2D eigenvalue weighted by molar-refractivity contribution is 14.1. The summed E-state index contributed by atoms with van der Waals surface area (Å²) in [7, 11) is 1.35. The van der Waals surface area contributed by atoms with Gasteiger partial charge in [0, 0.05) is 24.0 Å². The molecule has 108 valence electrons. The van der Waals surface area contributed by atoms with Crippen LogP contribution in [0.25, 0.3) is 21.9 Å². The van der Waals surface area contributed by atoms with Crippen molar-refractivity contribution < 1.29 is 14.3 Å². The summed E-state index contributed by atoms with van der Waals surface area (Å²) in [5.41, 5.74) is 1.18. The van der Waals surface area contributed by atoms with Crippen LogP contribution in [0.15, 0.2) is 18.3 Å². The molecule has 0 saturated carbocycles. The van der Waals surface area contributed by atoms with Crippen molar-refractivity contribution in [2.24, 2.45) is 0 Å². The second-order valence-electron chi connectivity index (χ2n) is 4.46. The number of hydrogen-bond donors (Lipinski definition) is 2. The first kappa shape index (κ1) is 14.3. The average Bonchev–Trinajstić information content (AvgIpc) is 2.80. The number of amides is 1. The molecule has 0 fully saturated rings. The summed E-state index contributed by atoms with van der Waals surface area (Å²) in [6.45, 7) is 0. The van der Waals surface area contributed by atoms with Crippen LogP contribution >= 0.6 is 34.2 Å². The molecule has 3 rings (SSSR count). The molecular weight excluding hydrogens is 412 g/mol. The molecule has 0 aliphatic rings. The van der Waals surface area contributed by atoms with Crippen molar-refractivity contribution in [2.45, 2.75) is 0 Å². The topological polar surface area (TPSA) is 69.2 Å². The van der Waals surface area contributed by atoms with E-state index in [1.165, 1.54) is 13.1 Å². The third-order valence-electron chi connectivity index (χ3n) is 3.22. The number of aromatic amines is 1. The van der Waals surface area contributed by atoms with Crippen molar-refractivity contribution in [1.29, 1.82) is 0 Å². The van der Waals surface area contributed by atoms with Gasteiger partial charge in [0.05, 0.1) is 19.8 Å². The lowest BCUT2D eigenvalue weighted by atomic mass is 10.1. The SMILES string of the molecule is CN(C(=O)O)c1cc(F)cc2c1[nH]c1ncc(I)c(Cl)c12. The quantitative estimate of drug-likeness (QED) is 0.580. The maximum atomic E-state index is 13.9. The van der Waals surface area contributed by atoms with E-state index in [1.54, 1.807) is 6.20 Å². The lowest BCUT2D eigenvalue weighted by Crippen LogP contribution is -2.24. The molecule has 3 aromatic rings. The van der Waals surface area contributed by atoms with Gasteiger partial charge in [-0.25, -0.2) is 14.2 Å². The average molecular weight is 420 g/mol. The molecule has 0 aliphatic heterocycles.